The third-order valence-electron chi connectivity index (χ3n) is 1.93. The van der Waals surface area contributed by atoms with E-state index in [9.17, 15) is 4.79 Å². The van der Waals surface area contributed by atoms with Gasteiger partial charge in [-0.15, -0.1) is 6.58 Å². The molecule has 15 heavy (non-hydrogen) atoms. The van der Waals surface area contributed by atoms with E-state index in [1.165, 1.54) is 0 Å². The first-order chi connectivity index (χ1) is 7.11. The van der Waals surface area contributed by atoms with E-state index in [1.54, 1.807) is 6.08 Å². The van der Waals surface area contributed by atoms with Crippen molar-refractivity contribution in [3.63, 3.8) is 0 Å². The molecule has 0 aromatic heterocycles. The molecule has 0 saturated heterocycles. The Labute approximate surface area is 90.4 Å². The minimum absolute atomic E-state index is 0.129. The summed E-state index contributed by atoms with van der Waals surface area (Å²) in [6.07, 6.45) is 4.21. The number of carbonyl (C=O) groups is 1. The van der Waals surface area contributed by atoms with E-state index in [-0.39, 0.29) is 11.7 Å². The van der Waals surface area contributed by atoms with E-state index in [4.69, 9.17) is 16.9 Å². The van der Waals surface area contributed by atoms with E-state index in [2.05, 4.69) is 11.9 Å². The lowest BCUT2D eigenvalue weighted by atomic mass is 10.1. The van der Waals surface area contributed by atoms with Gasteiger partial charge in [-0.1, -0.05) is 12.5 Å². The maximum Gasteiger partial charge on any atom is 0.242 e. The second-order valence-electron chi connectivity index (χ2n) is 3.35. The molecule has 0 aliphatic carbocycles. The first-order valence-corrected chi connectivity index (χ1v) is 5.06. The first kappa shape index (κ1) is 13.8. The molecule has 0 bridgehead atoms. The fourth-order valence-electron chi connectivity index (χ4n) is 1.08. The predicted octanol–water partition coefficient (Wildman–Crippen LogP) is 0.112. The van der Waals surface area contributed by atoms with Crippen molar-refractivity contribution >= 4 is 11.7 Å². The smallest absolute Gasteiger partial charge is 0.242 e. The maximum absolute atomic E-state index is 11.4. The van der Waals surface area contributed by atoms with Crippen LogP contribution in [-0.2, 0) is 4.79 Å². The third-order valence-corrected chi connectivity index (χ3v) is 1.93. The predicted molar refractivity (Wildman–Crippen MR) is 61.6 cm³/mol. The van der Waals surface area contributed by atoms with Gasteiger partial charge in [-0.05, 0) is 19.4 Å². The Kier molecular flexibility index (Phi) is 7.49. The standard InChI is InChI=1S/C10H20N4O/c1-2-5-9(13)14-10(15)8(12)6-3-4-7-11/h2,8H,1,3-7,11-12H2,(H2,13,14,15)/t8-/m0/s1. The average Bonchev–Trinajstić information content (AvgIpc) is 2.18. The minimum Gasteiger partial charge on any atom is -0.330 e. The average molecular weight is 212 g/mol. The van der Waals surface area contributed by atoms with Gasteiger partial charge in [0, 0.05) is 6.42 Å². The van der Waals surface area contributed by atoms with E-state index < -0.39 is 6.04 Å². The molecule has 0 radical (unpaired) electrons. The van der Waals surface area contributed by atoms with Crippen molar-refractivity contribution < 1.29 is 4.79 Å². The summed E-state index contributed by atoms with van der Waals surface area (Å²) in [6, 6.07) is -0.554. The van der Waals surface area contributed by atoms with Crippen LogP contribution in [0.2, 0.25) is 0 Å². The number of unbranched alkanes of at least 4 members (excludes halogenated alkanes) is 1. The van der Waals surface area contributed by atoms with Crippen molar-refractivity contribution in [1.82, 2.24) is 5.32 Å². The molecule has 5 heteroatoms. The highest BCUT2D eigenvalue weighted by molar-refractivity contribution is 5.99. The van der Waals surface area contributed by atoms with Crippen LogP contribution in [0, 0.1) is 5.41 Å². The fraction of sp³-hybridized carbons (Fsp3) is 0.600. The Morgan fingerprint density at radius 2 is 2.20 bits per heavy atom. The molecule has 0 heterocycles. The zero-order chi connectivity index (χ0) is 11.7. The van der Waals surface area contributed by atoms with Gasteiger partial charge in [-0.2, -0.15) is 0 Å². The van der Waals surface area contributed by atoms with Gasteiger partial charge in [0.15, 0.2) is 0 Å². The summed E-state index contributed by atoms with van der Waals surface area (Å²) in [4.78, 5) is 11.4. The van der Waals surface area contributed by atoms with Crippen LogP contribution in [0.15, 0.2) is 12.7 Å². The molecule has 0 fully saturated rings. The molecule has 86 valence electrons. The highest BCUT2D eigenvalue weighted by atomic mass is 16.2. The summed E-state index contributed by atoms with van der Waals surface area (Å²) in [5.74, 6) is -0.178. The third kappa shape index (κ3) is 6.82. The van der Waals surface area contributed by atoms with Crippen LogP contribution < -0.4 is 16.8 Å². The largest absolute Gasteiger partial charge is 0.330 e. The number of nitrogens with one attached hydrogen (secondary N) is 2. The Hall–Kier alpha value is -1.20. The van der Waals surface area contributed by atoms with E-state index in [0.29, 0.717) is 19.4 Å². The number of amides is 1. The summed E-state index contributed by atoms with van der Waals surface area (Å²) in [5.41, 5.74) is 11.0. The van der Waals surface area contributed by atoms with Crippen molar-refractivity contribution in [1.29, 1.82) is 5.41 Å². The summed E-state index contributed by atoms with van der Waals surface area (Å²) in [5, 5.41) is 9.77. The van der Waals surface area contributed by atoms with Gasteiger partial charge in [-0.3, -0.25) is 10.2 Å². The molecule has 1 amide bonds. The molecule has 6 N–H and O–H groups in total. The molecule has 0 aromatic rings. The molecular weight excluding hydrogens is 192 g/mol. The number of rotatable bonds is 7. The SMILES string of the molecule is C=CCC(=N)NC(=O)[C@@H](N)CCCCN. The number of nitrogens with two attached hydrogens (primary N) is 2. The van der Waals surface area contributed by atoms with Crippen LogP contribution in [0.1, 0.15) is 25.7 Å². The number of amidine groups is 1. The van der Waals surface area contributed by atoms with Crippen LogP contribution in [0.25, 0.3) is 0 Å². The zero-order valence-electron chi connectivity index (χ0n) is 8.96. The minimum atomic E-state index is -0.554. The van der Waals surface area contributed by atoms with Crippen LogP contribution in [-0.4, -0.2) is 24.3 Å². The lowest BCUT2D eigenvalue weighted by Gasteiger charge is -2.11. The number of hydrogen-bond acceptors (Lipinski definition) is 4. The Morgan fingerprint density at radius 1 is 1.53 bits per heavy atom. The summed E-state index contributed by atoms with van der Waals surface area (Å²) < 4.78 is 0. The highest BCUT2D eigenvalue weighted by Gasteiger charge is 2.13. The molecule has 5 nitrogen and oxygen atoms in total. The number of carbonyl (C=O) groups excluding carboxylic acids is 1. The highest BCUT2D eigenvalue weighted by Crippen LogP contribution is 1.98. The monoisotopic (exact) mass is 212 g/mol. The Balaban J connectivity index is 3.77. The molecule has 0 spiro atoms. The van der Waals surface area contributed by atoms with Crippen molar-refractivity contribution in [2.75, 3.05) is 6.54 Å². The molecule has 0 saturated carbocycles. The second kappa shape index (κ2) is 8.14. The van der Waals surface area contributed by atoms with Crippen molar-refractivity contribution in [2.24, 2.45) is 11.5 Å². The molecule has 0 aromatic carbocycles. The molecule has 0 unspecified atom stereocenters. The summed E-state index contributed by atoms with van der Waals surface area (Å²) >= 11 is 0. The first-order valence-electron chi connectivity index (χ1n) is 5.06. The lowest BCUT2D eigenvalue weighted by Crippen LogP contribution is -2.43. The van der Waals surface area contributed by atoms with Crippen LogP contribution >= 0.6 is 0 Å². The van der Waals surface area contributed by atoms with E-state index in [0.717, 1.165) is 12.8 Å². The Morgan fingerprint density at radius 3 is 2.73 bits per heavy atom. The van der Waals surface area contributed by atoms with E-state index >= 15 is 0 Å². The van der Waals surface area contributed by atoms with Crippen LogP contribution in [0.4, 0.5) is 0 Å². The lowest BCUT2D eigenvalue weighted by molar-refractivity contribution is -0.121. The van der Waals surface area contributed by atoms with Crippen molar-refractivity contribution in [2.45, 2.75) is 31.7 Å². The molecule has 0 rings (SSSR count). The van der Waals surface area contributed by atoms with Gasteiger partial charge in [0.2, 0.25) is 5.91 Å². The van der Waals surface area contributed by atoms with Gasteiger partial charge in [0.25, 0.3) is 0 Å². The number of hydrogen-bond donors (Lipinski definition) is 4. The van der Waals surface area contributed by atoms with Crippen LogP contribution in [0.5, 0.6) is 0 Å². The van der Waals surface area contributed by atoms with Gasteiger partial charge in [0.1, 0.15) is 5.84 Å². The topological polar surface area (TPSA) is 105 Å². The van der Waals surface area contributed by atoms with Gasteiger partial charge >= 0.3 is 0 Å². The normalized spacial score (nSPS) is 11.9. The quantitative estimate of drug-likeness (QED) is 0.208. The van der Waals surface area contributed by atoms with Gasteiger partial charge in [-0.25, -0.2) is 0 Å². The second-order valence-corrected chi connectivity index (χ2v) is 3.35. The molecule has 1 atom stereocenters. The molecule has 0 aliphatic heterocycles. The summed E-state index contributed by atoms with van der Waals surface area (Å²) in [7, 11) is 0. The van der Waals surface area contributed by atoms with Crippen LogP contribution in [0.3, 0.4) is 0 Å². The summed E-state index contributed by atoms with van der Waals surface area (Å²) in [6.45, 7) is 4.09. The van der Waals surface area contributed by atoms with Gasteiger partial charge < -0.3 is 16.8 Å². The molecular formula is C10H20N4O. The fourth-order valence-corrected chi connectivity index (χ4v) is 1.08. The van der Waals surface area contributed by atoms with Gasteiger partial charge in [0.05, 0.1) is 6.04 Å². The zero-order valence-corrected chi connectivity index (χ0v) is 8.96. The van der Waals surface area contributed by atoms with E-state index in [1.807, 2.05) is 0 Å². The maximum atomic E-state index is 11.4. The van der Waals surface area contributed by atoms with Crippen molar-refractivity contribution in [3.8, 4) is 0 Å². The Bertz CT molecular complexity index is 227. The van der Waals surface area contributed by atoms with Crippen molar-refractivity contribution in [3.05, 3.63) is 12.7 Å². The molecule has 0 aliphatic rings.